The second-order valence-electron chi connectivity index (χ2n) is 10.3. The summed E-state index contributed by atoms with van der Waals surface area (Å²) in [4.78, 5) is 14.6. The summed E-state index contributed by atoms with van der Waals surface area (Å²) in [5, 5.41) is 10.6. The van der Waals surface area contributed by atoms with Crippen LogP contribution in [0.2, 0.25) is 0 Å². The van der Waals surface area contributed by atoms with Gasteiger partial charge in [-0.05, 0) is 20.3 Å². The Morgan fingerprint density at radius 3 is 2.03 bits per heavy atom. The number of unbranched alkanes of at least 4 members (excludes halogenated alkanes) is 11. The van der Waals surface area contributed by atoms with Gasteiger partial charge in [-0.25, -0.2) is 0 Å². The van der Waals surface area contributed by atoms with Gasteiger partial charge >= 0.3 is 0 Å². The molecule has 0 radical (unpaired) electrons. The largest absolute Gasteiger partial charge is 0.378 e. The number of aliphatic hydroxyl groups is 1. The molecule has 1 N–H and O–H groups in total. The van der Waals surface area contributed by atoms with E-state index < -0.39 is 23.3 Å². The first-order valence-electron chi connectivity index (χ1n) is 12.3. The topological polar surface area (TPSA) is 49.8 Å². The van der Waals surface area contributed by atoms with Crippen LogP contribution in [-0.4, -0.2) is 40.4 Å². The van der Waals surface area contributed by atoms with E-state index in [9.17, 15) is 9.90 Å². The Hall–Kier alpha value is -1.05. The molecule has 0 spiro atoms. The number of hydrogen-bond acceptors (Lipinski definition) is 3. The molecule has 30 heavy (non-hydrogen) atoms. The van der Waals surface area contributed by atoms with Crippen LogP contribution >= 0.6 is 0 Å². The minimum atomic E-state index is -0.870. The van der Waals surface area contributed by atoms with E-state index in [1.54, 1.807) is 4.90 Å². The third kappa shape index (κ3) is 9.40. The van der Waals surface area contributed by atoms with Crippen LogP contribution in [0.5, 0.6) is 0 Å². The fraction of sp³-hybridized carbons (Fsp3) is 0.885. The Kier molecular flexibility index (Phi) is 12.0. The monoisotopic (exact) mass is 421 g/mol. The Morgan fingerprint density at radius 1 is 1.03 bits per heavy atom. The molecule has 0 saturated carbocycles. The summed E-state index contributed by atoms with van der Waals surface area (Å²) in [6.45, 7) is 12.0. The third-order valence-corrected chi connectivity index (χ3v) is 5.90. The number of carbonyl (C=O) groups is 1. The molecular weight excluding hydrogens is 374 g/mol. The molecule has 0 bridgehead atoms. The van der Waals surface area contributed by atoms with Crippen molar-refractivity contribution in [3.05, 3.63) is 0 Å². The zero-order valence-corrected chi connectivity index (χ0v) is 20.6. The molecule has 4 heteroatoms. The second kappa shape index (κ2) is 13.4. The summed E-state index contributed by atoms with van der Waals surface area (Å²) >= 11 is 0. The van der Waals surface area contributed by atoms with Crippen LogP contribution in [0.3, 0.4) is 0 Å². The van der Waals surface area contributed by atoms with Crippen molar-refractivity contribution in [2.45, 2.75) is 136 Å². The summed E-state index contributed by atoms with van der Waals surface area (Å²) in [6.07, 6.45) is 14.4. The van der Waals surface area contributed by atoms with E-state index in [1.165, 1.54) is 64.2 Å². The second-order valence-corrected chi connectivity index (χ2v) is 10.3. The highest BCUT2D eigenvalue weighted by Crippen LogP contribution is 2.33. The summed E-state index contributed by atoms with van der Waals surface area (Å²) < 4.78 is 5.80. The zero-order valence-electron chi connectivity index (χ0n) is 20.6. The Bertz CT molecular complexity index is 553. The number of rotatable bonds is 12. The van der Waals surface area contributed by atoms with Gasteiger partial charge in [0, 0.05) is 11.8 Å². The predicted octanol–water partition coefficient (Wildman–Crippen LogP) is 6.06. The van der Waals surface area contributed by atoms with E-state index in [0.717, 1.165) is 12.8 Å². The zero-order chi connectivity index (χ0) is 22.6. The number of ether oxygens (including phenoxy) is 1. The molecule has 4 nitrogen and oxygen atoms in total. The maximum Gasteiger partial charge on any atom is 0.230 e. The molecule has 0 aromatic rings. The molecule has 2 atom stereocenters. The molecule has 0 aromatic heterocycles. The average molecular weight is 422 g/mol. The number of hydrogen-bond donors (Lipinski definition) is 1. The number of nitrogens with zero attached hydrogens (tertiary/aromatic N) is 1. The van der Waals surface area contributed by atoms with Crippen molar-refractivity contribution in [3.8, 4) is 11.8 Å². The summed E-state index contributed by atoms with van der Waals surface area (Å²) in [7, 11) is 0. The fourth-order valence-corrected chi connectivity index (χ4v) is 3.97. The quantitative estimate of drug-likeness (QED) is 0.308. The number of aliphatic hydroxyl groups excluding tert-OH is 1. The summed E-state index contributed by atoms with van der Waals surface area (Å²) in [6, 6.07) is -0.406. The standard InChI is InChI=1S/C26H47NO3/c1-7-8-9-10-11-12-13-14-15-16-17-18-19-20-23(28)22-21-30-26(5,6)27(22)24(29)25(2,3)4/h22-23,28H,7-18,21H2,1-6H3/t22-,23+/m1/s1. The van der Waals surface area contributed by atoms with Crippen LogP contribution in [0.15, 0.2) is 0 Å². The molecule has 0 aromatic carbocycles. The van der Waals surface area contributed by atoms with E-state index in [1.807, 2.05) is 34.6 Å². The van der Waals surface area contributed by atoms with Gasteiger partial charge in [-0.2, -0.15) is 0 Å². The van der Waals surface area contributed by atoms with Crippen LogP contribution < -0.4 is 0 Å². The van der Waals surface area contributed by atoms with Crippen LogP contribution in [0.4, 0.5) is 0 Å². The highest BCUT2D eigenvalue weighted by molar-refractivity contribution is 5.82. The van der Waals surface area contributed by atoms with Crippen molar-refractivity contribution < 1.29 is 14.6 Å². The maximum atomic E-state index is 12.9. The van der Waals surface area contributed by atoms with Gasteiger partial charge in [-0.3, -0.25) is 4.79 Å². The van der Waals surface area contributed by atoms with Gasteiger partial charge < -0.3 is 14.7 Å². The van der Waals surface area contributed by atoms with Gasteiger partial charge in [-0.15, -0.1) is 5.92 Å². The van der Waals surface area contributed by atoms with Gasteiger partial charge in [-0.1, -0.05) is 97.8 Å². The van der Waals surface area contributed by atoms with Gasteiger partial charge in [0.2, 0.25) is 5.91 Å². The van der Waals surface area contributed by atoms with Gasteiger partial charge in [0.1, 0.15) is 11.8 Å². The Labute approximate surface area is 186 Å². The van der Waals surface area contributed by atoms with Gasteiger partial charge in [0.15, 0.2) is 0 Å². The lowest BCUT2D eigenvalue weighted by molar-refractivity contribution is -0.156. The molecule has 1 rings (SSSR count). The van der Waals surface area contributed by atoms with Crippen LogP contribution in [0.1, 0.15) is 119 Å². The van der Waals surface area contributed by atoms with E-state index >= 15 is 0 Å². The minimum Gasteiger partial charge on any atom is -0.378 e. The minimum absolute atomic E-state index is 0.0128. The number of amides is 1. The third-order valence-electron chi connectivity index (χ3n) is 5.90. The molecule has 1 fully saturated rings. The van der Waals surface area contributed by atoms with Gasteiger partial charge in [0.25, 0.3) is 0 Å². The van der Waals surface area contributed by atoms with Crippen molar-refractivity contribution in [1.82, 2.24) is 4.90 Å². The molecule has 1 saturated heterocycles. The lowest BCUT2D eigenvalue weighted by Gasteiger charge is -2.38. The average Bonchev–Trinajstić information content (AvgIpc) is 2.98. The van der Waals surface area contributed by atoms with Crippen molar-refractivity contribution >= 4 is 5.91 Å². The van der Waals surface area contributed by atoms with Crippen molar-refractivity contribution in [1.29, 1.82) is 0 Å². The molecule has 174 valence electrons. The van der Waals surface area contributed by atoms with E-state index in [0.29, 0.717) is 6.61 Å². The molecule has 1 aliphatic heterocycles. The van der Waals surface area contributed by atoms with Crippen LogP contribution in [0, 0.1) is 17.3 Å². The van der Waals surface area contributed by atoms with Gasteiger partial charge in [0.05, 0.1) is 12.6 Å². The summed E-state index contributed by atoms with van der Waals surface area (Å²) in [5.74, 6) is 6.08. The molecule has 1 amide bonds. The van der Waals surface area contributed by atoms with Crippen molar-refractivity contribution in [2.75, 3.05) is 6.61 Å². The van der Waals surface area contributed by atoms with Crippen molar-refractivity contribution in [3.63, 3.8) is 0 Å². The lowest BCUT2D eigenvalue weighted by Crippen LogP contribution is -2.55. The summed E-state index contributed by atoms with van der Waals surface area (Å²) in [5.41, 5.74) is -1.24. The SMILES string of the molecule is CCCCCCCCCCCCCC#C[C@H](O)[C@H]1COC(C)(C)N1C(=O)C(C)(C)C. The molecule has 1 aliphatic rings. The Morgan fingerprint density at radius 2 is 1.53 bits per heavy atom. The highest BCUT2D eigenvalue weighted by atomic mass is 16.5. The van der Waals surface area contributed by atoms with E-state index in [2.05, 4.69) is 18.8 Å². The van der Waals surface area contributed by atoms with Crippen LogP contribution in [0.25, 0.3) is 0 Å². The van der Waals surface area contributed by atoms with E-state index in [-0.39, 0.29) is 5.91 Å². The molecule has 1 heterocycles. The number of carbonyl (C=O) groups excluding carboxylic acids is 1. The first kappa shape index (κ1) is 27.0. The first-order chi connectivity index (χ1) is 14.1. The molecule has 0 aliphatic carbocycles. The normalized spacial score (nSPS) is 19.4. The molecular formula is C26H47NO3. The van der Waals surface area contributed by atoms with E-state index in [4.69, 9.17) is 4.74 Å². The first-order valence-corrected chi connectivity index (χ1v) is 12.3. The highest BCUT2D eigenvalue weighted by Gasteiger charge is 2.48. The van der Waals surface area contributed by atoms with Crippen molar-refractivity contribution in [2.24, 2.45) is 5.41 Å². The Balaban J connectivity index is 2.27. The van der Waals surface area contributed by atoms with Crippen LogP contribution in [-0.2, 0) is 9.53 Å². The fourth-order valence-electron chi connectivity index (χ4n) is 3.97. The maximum absolute atomic E-state index is 12.9. The predicted molar refractivity (Wildman–Crippen MR) is 125 cm³/mol. The smallest absolute Gasteiger partial charge is 0.230 e. The lowest BCUT2D eigenvalue weighted by atomic mass is 9.92. The molecule has 0 unspecified atom stereocenters.